The van der Waals surface area contributed by atoms with E-state index in [4.69, 9.17) is 5.73 Å². The Morgan fingerprint density at radius 2 is 2.33 bits per heavy atom. The molecule has 82 valence electrons. The van der Waals surface area contributed by atoms with Gasteiger partial charge in [-0.15, -0.1) is 0 Å². The van der Waals surface area contributed by atoms with Crippen LogP contribution in [0.1, 0.15) is 18.4 Å². The second-order valence-electron chi connectivity index (χ2n) is 3.26. The average Bonchev–Trinajstić information content (AvgIpc) is 2.17. The number of halogens is 1. The molecule has 1 aromatic rings. The van der Waals surface area contributed by atoms with Gasteiger partial charge >= 0.3 is 0 Å². The molecule has 1 amide bonds. The third kappa shape index (κ3) is 5.49. The van der Waals surface area contributed by atoms with Crippen molar-refractivity contribution in [1.29, 1.82) is 0 Å². The molecule has 1 heterocycles. The Hall–Kier alpha value is -0.940. The first-order chi connectivity index (χ1) is 7.18. The van der Waals surface area contributed by atoms with Crippen molar-refractivity contribution in [2.24, 2.45) is 5.73 Å². The first kappa shape index (κ1) is 12.1. The van der Waals surface area contributed by atoms with Crippen LogP contribution in [-0.2, 0) is 11.3 Å². The molecule has 0 spiro atoms. The summed E-state index contributed by atoms with van der Waals surface area (Å²) >= 11 is 3.35. The van der Waals surface area contributed by atoms with Gasteiger partial charge in [0.1, 0.15) is 0 Å². The minimum Gasteiger partial charge on any atom is -0.370 e. The number of nitrogens with one attached hydrogen (secondary N) is 1. The number of hydrogen-bond acceptors (Lipinski definition) is 3. The minimum absolute atomic E-state index is 0.249. The van der Waals surface area contributed by atoms with Crippen LogP contribution in [-0.4, -0.2) is 17.4 Å². The first-order valence-electron chi connectivity index (χ1n) is 4.77. The number of rotatable bonds is 6. The highest BCUT2D eigenvalue weighted by atomic mass is 79.9. The summed E-state index contributed by atoms with van der Waals surface area (Å²) in [4.78, 5) is 14.5. The van der Waals surface area contributed by atoms with E-state index in [1.54, 1.807) is 6.20 Å². The fraction of sp³-hybridized carbons (Fsp3) is 0.400. The molecule has 15 heavy (non-hydrogen) atoms. The third-order valence-corrected chi connectivity index (χ3v) is 2.30. The molecule has 0 saturated heterocycles. The monoisotopic (exact) mass is 271 g/mol. The molecule has 0 atom stereocenters. The number of amides is 1. The number of nitrogens with two attached hydrogens (primary N) is 1. The van der Waals surface area contributed by atoms with Gasteiger partial charge in [0.15, 0.2) is 0 Å². The lowest BCUT2D eigenvalue weighted by Gasteiger charge is -2.03. The SMILES string of the molecule is NC(=O)CCCNCc1cncc(Br)c1. The molecule has 0 fully saturated rings. The zero-order valence-corrected chi connectivity index (χ0v) is 9.96. The smallest absolute Gasteiger partial charge is 0.217 e. The van der Waals surface area contributed by atoms with E-state index in [2.05, 4.69) is 26.2 Å². The lowest BCUT2D eigenvalue weighted by molar-refractivity contribution is -0.118. The standard InChI is InChI=1S/C10H14BrN3O/c11-9-4-8(6-14-7-9)5-13-3-1-2-10(12)15/h4,6-7,13H,1-3,5H2,(H2,12,15). The number of carbonyl (C=O) groups excluding carboxylic acids is 1. The topological polar surface area (TPSA) is 68.0 Å². The van der Waals surface area contributed by atoms with E-state index in [1.807, 2.05) is 12.3 Å². The molecular formula is C10H14BrN3O. The van der Waals surface area contributed by atoms with Crippen molar-refractivity contribution < 1.29 is 4.79 Å². The lowest BCUT2D eigenvalue weighted by atomic mass is 10.2. The van der Waals surface area contributed by atoms with E-state index in [-0.39, 0.29) is 5.91 Å². The molecule has 0 saturated carbocycles. The third-order valence-electron chi connectivity index (χ3n) is 1.87. The van der Waals surface area contributed by atoms with Gasteiger partial charge in [-0.1, -0.05) is 0 Å². The van der Waals surface area contributed by atoms with Gasteiger partial charge in [0.25, 0.3) is 0 Å². The molecule has 0 bridgehead atoms. The van der Waals surface area contributed by atoms with Crippen LogP contribution in [0.2, 0.25) is 0 Å². The van der Waals surface area contributed by atoms with Crippen LogP contribution in [0.25, 0.3) is 0 Å². The molecule has 1 aromatic heterocycles. The Balaban J connectivity index is 2.17. The molecule has 4 nitrogen and oxygen atoms in total. The minimum atomic E-state index is -0.249. The molecule has 0 aliphatic heterocycles. The van der Waals surface area contributed by atoms with Gasteiger partial charge in [0.05, 0.1) is 0 Å². The normalized spacial score (nSPS) is 10.2. The van der Waals surface area contributed by atoms with Crippen LogP contribution in [0.3, 0.4) is 0 Å². The number of pyridine rings is 1. The second-order valence-corrected chi connectivity index (χ2v) is 4.17. The van der Waals surface area contributed by atoms with E-state index >= 15 is 0 Å². The summed E-state index contributed by atoms with van der Waals surface area (Å²) in [5.74, 6) is -0.249. The van der Waals surface area contributed by atoms with Crippen LogP contribution in [0.4, 0.5) is 0 Å². The Bertz CT molecular complexity index is 330. The maximum absolute atomic E-state index is 10.5. The molecule has 0 aliphatic rings. The van der Waals surface area contributed by atoms with Gasteiger partial charge in [-0.05, 0) is 40.5 Å². The highest BCUT2D eigenvalue weighted by Gasteiger charge is 1.96. The molecule has 1 rings (SSSR count). The van der Waals surface area contributed by atoms with Crippen molar-refractivity contribution in [1.82, 2.24) is 10.3 Å². The van der Waals surface area contributed by atoms with Crippen molar-refractivity contribution in [2.45, 2.75) is 19.4 Å². The number of primary amides is 1. The van der Waals surface area contributed by atoms with E-state index in [0.717, 1.165) is 29.5 Å². The molecule has 3 N–H and O–H groups in total. The van der Waals surface area contributed by atoms with Crippen molar-refractivity contribution in [3.63, 3.8) is 0 Å². The van der Waals surface area contributed by atoms with E-state index in [9.17, 15) is 4.79 Å². The maximum atomic E-state index is 10.5. The second kappa shape index (κ2) is 6.53. The van der Waals surface area contributed by atoms with Gasteiger partial charge < -0.3 is 11.1 Å². The van der Waals surface area contributed by atoms with Crippen LogP contribution in [0.5, 0.6) is 0 Å². The van der Waals surface area contributed by atoms with Crippen LogP contribution < -0.4 is 11.1 Å². The Morgan fingerprint density at radius 1 is 1.53 bits per heavy atom. The van der Waals surface area contributed by atoms with E-state index in [0.29, 0.717) is 6.42 Å². The van der Waals surface area contributed by atoms with Gasteiger partial charge in [0, 0.05) is 29.8 Å². The zero-order chi connectivity index (χ0) is 11.1. The van der Waals surface area contributed by atoms with Crippen molar-refractivity contribution in [3.8, 4) is 0 Å². The number of aromatic nitrogens is 1. The van der Waals surface area contributed by atoms with Gasteiger partial charge in [-0.3, -0.25) is 9.78 Å². The van der Waals surface area contributed by atoms with Crippen molar-refractivity contribution >= 4 is 21.8 Å². The summed E-state index contributed by atoms with van der Waals surface area (Å²) in [6.07, 6.45) is 4.77. The molecular weight excluding hydrogens is 258 g/mol. The number of nitrogens with zero attached hydrogens (tertiary/aromatic N) is 1. The molecule has 5 heteroatoms. The largest absolute Gasteiger partial charge is 0.370 e. The first-order valence-corrected chi connectivity index (χ1v) is 5.56. The van der Waals surface area contributed by atoms with Crippen LogP contribution in [0.15, 0.2) is 22.9 Å². The fourth-order valence-corrected chi connectivity index (χ4v) is 1.59. The number of hydrogen-bond donors (Lipinski definition) is 2. The predicted molar refractivity (Wildman–Crippen MR) is 62.1 cm³/mol. The Morgan fingerprint density at radius 3 is 3.00 bits per heavy atom. The van der Waals surface area contributed by atoms with Crippen LogP contribution in [0, 0.1) is 0 Å². The zero-order valence-electron chi connectivity index (χ0n) is 8.37. The summed E-state index contributed by atoms with van der Waals surface area (Å²) in [6.45, 7) is 1.54. The van der Waals surface area contributed by atoms with E-state index < -0.39 is 0 Å². The highest BCUT2D eigenvalue weighted by molar-refractivity contribution is 9.10. The lowest BCUT2D eigenvalue weighted by Crippen LogP contribution is -2.18. The van der Waals surface area contributed by atoms with Gasteiger partial charge in [-0.25, -0.2) is 0 Å². The quantitative estimate of drug-likeness (QED) is 0.764. The molecule has 0 aromatic carbocycles. The van der Waals surface area contributed by atoms with Gasteiger partial charge in [-0.2, -0.15) is 0 Å². The van der Waals surface area contributed by atoms with Crippen LogP contribution >= 0.6 is 15.9 Å². The summed E-state index contributed by atoms with van der Waals surface area (Å²) in [5, 5.41) is 3.22. The Kier molecular flexibility index (Phi) is 5.28. The fourth-order valence-electron chi connectivity index (χ4n) is 1.17. The average molecular weight is 272 g/mol. The van der Waals surface area contributed by atoms with E-state index in [1.165, 1.54) is 0 Å². The summed E-state index contributed by atoms with van der Waals surface area (Å²) in [7, 11) is 0. The molecule has 0 radical (unpaired) electrons. The maximum Gasteiger partial charge on any atom is 0.217 e. The van der Waals surface area contributed by atoms with Crippen molar-refractivity contribution in [3.05, 3.63) is 28.5 Å². The summed E-state index contributed by atoms with van der Waals surface area (Å²) in [5.41, 5.74) is 6.14. The van der Waals surface area contributed by atoms with Crippen molar-refractivity contribution in [2.75, 3.05) is 6.54 Å². The molecule has 0 aliphatic carbocycles. The highest BCUT2D eigenvalue weighted by Crippen LogP contribution is 2.08. The van der Waals surface area contributed by atoms with Gasteiger partial charge in [0.2, 0.25) is 5.91 Å². The summed E-state index contributed by atoms with van der Waals surface area (Å²) in [6, 6.07) is 2.01. The molecule has 0 unspecified atom stereocenters. The summed E-state index contributed by atoms with van der Waals surface area (Å²) < 4.78 is 0.971. The Labute approximate surface area is 97.4 Å². The number of carbonyl (C=O) groups is 1. The predicted octanol–water partition coefficient (Wildman–Crippen LogP) is 1.20.